The number of nitrogens with zero attached hydrogens (tertiary/aromatic N) is 1. The van der Waals surface area contributed by atoms with E-state index in [0.29, 0.717) is 22.4 Å². The summed E-state index contributed by atoms with van der Waals surface area (Å²) in [6.07, 6.45) is 3.27. The lowest BCUT2D eigenvalue weighted by molar-refractivity contribution is 0.305. The average molecular weight is 327 g/mol. The Morgan fingerprint density at radius 1 is 1.20 bits per heavy atom. The summed E-state index contributed by atoms with van der Waals surface area (Å²) in [5, 5.41) is 1.01. The van der Waals surface area contributed by atoms with Gasteiger partial charge in [0.15, 0.2) is 0 Å². The van der Waals surface area contributed by atoms with Crippen molar-refractivity contribution in [3.63, 3.8) is 0 Å². The fraction of sp³-hybridized carbons (Fsp3) is 0.133. The molecule has 5 heteroatoms. The van der Waals surface area contributed by atoms with Crippen molar-refractivity contribution < 1.29 is 4.74 Å². The summed E-state index contributed by atoms with van der Waals surface area (Å²) in [7, 11) is 0. The maximum absolute atomic E-state index is 6.09. The first-order valence-corrected chi connectivity index (χ1v) is 7.05. The van der Waals surface area contributed by atoms with Gasteiger partial charge < -0.3 is 4.74 Å². The first-order chi connectivity index (χ1) is 9.70. The molecule has 0 bridgehead atoms. The monoisotopic (exact) mass is 325 g/mol. The zero-order chi connectivity index (χ0) is 14.4. The molecule has 0 aliphatic rings. The van der Waals surface area contributed by atoms with E-state index in [4.69, 9.17) is 39.5 Å². The van der Waals surface area contributed by atoms with Crippen molar-refractivity contribution in [2.75, 3.05) is 5.88 Å². The van der Waals surface area contributed by atoms with Gasteiger partial charge >= 0.3 is 0 Å². The van der Waals surface area contributed by atoms with E-state index in [-0.39, 0.29) is 5.88 Å². The lowest BCUT2D eigenvalue weighted by Crippen LogP contribution is -1.97. The molecule has 0 radical (unpaired) electrons. The van der Waals surface area contributed by atoms with Crippen LogP contribution in [0.15, 0.2) is 36.7 Å². The molecule has 0 fully saturated rings. The highest BCUT2D eigenvalue weighted by atomic mass is 35.5. The summed E-state index contributed by atoms with van der Waals surface area (Å²) in [6, 6.07) is 7.22. The van der Waals surface area contributed by atoms with Gasteiger partial charge in [-0.15, -0.1) is 11.6 Å². The Morgan fingerprint density at radius 3 is 2.85 bits per heavy atom. The van der Waals surface area contributed by atoms with E-state index in [2.05, 4.69) is 16.8 Å². The van der Waals surface area contributed by atoms with Gasteiger partial charge in [-0.1, -0.05) is 47.2 Å². The maximum Gasteiger partial charge on any atom is 0.139 e. The molecule has 20 heavy (non-hydrogen) atoms. The van der Waals surface area contributed by atoms with Crippen LogP contribution in [-0.4, -0.2) is 10.9 Å². The number of ether oxygens (including phenoxy) is 1. The van der Waals surface area contributed by atoms with Crippen molar-refractivity contribution in [3.05, 3.63) is 57.8 Å². The summed E-state index contributed by atoms with van der Waals surface area (Å²) in [4.78, 5) is 4.06. The lowest BCUT2D eigenvalue weighted by Gasteiger charge is -2.08. The van der Waals surface area contributed by atoms with Gasteiger partial charge in [0.05, 0.1) is 22.1 Å². The zero-order valence-electron chi connectivity index (χ0n) is 10.4. The highest BCUT2D eigenvalue weighted by Gasteiger charge is 2.05. The Balaban J connectivity index is 2.09. The zero-order valence-corrected chi connectivity index (χ0v) is 12.6. The highest BCUT2D eigenvalue weighted by Crippen LogP contribution is 2.26. The van der Waals surface area contributed by atoms with Crippen LogP contribution in [0.3, 0.4) is 0 Å². The normalized spacial score (nSPS) is 9.75. The van der Waals surface area contributed by atoms with Gasteiger partial charge in [0.1, 0.15) is 12.4 Å². The molecule has 0 atom stereocenters. The van der Waals surface area contributed by atoms with Crippen LogP contribution in [0.1, 0.15) is 11.1 Å². The molecule has 1 aromatic heterocycles. The first-order valence-electron chi connectivity index (χ1n) is 5.76. The molecule has 0 N–H and O–H groups in total. The molecule has 2 nitrogen and oxygen atoms in total. The average Bonchev–Trinajstić information content (AvgIpc) is 2.47. The number of pyridine rings is 1. The van der Waals surface area contributed by atoms with Gasteiger partial charge in [-0.3, -0.25) is 4.98 Å². The number of hydrogen-bond donors (Lipinski definition) is 0. The van der Waals surface area contributed by atoms with Gasteiger partial charge in [-0.05, 0) is 12.1 Å². The Kier molecular flexibility index (Phi) is 5.55. The second kappa shape index (κ2) is 7.40. The molecule has 1 heterocycles. The number of hydrogen-bond acceptors (Lipinski definition) is 2. The number of aromatic nitrogens is 1. The largest absolute Gasteiger partial charge is 0.487 e. The van der Waals surface area contributed by atoms with Crippen LogP contribution >= 0.6 is 34.8 Å². The fourth-order valence-electron chi connectivity index (χ4n) is 1.52. The van der Waals surface area contributed by atoms with Crippen LogP contribution < -0.4 is 4.74 Å². The fourth-order valence-corrected chi connectivity index (χ4v) is 1.96. The topological polar surface area (TPSA) is 22.1 Å². The van der Waals surface area contributed by atoms with Gasteiger partial charge in [0, 0.05) is 17.3 Å². The molecular weight excluding hydrogens is 317 g/mol. The summed E-state index contributed by atoms with van der Waals surface area (Å²) in [6.45, 7) is 0.313. The molecule has 0 aliphatic carbocycles. The third-order valence-corrected chi connectivity index (χ3v) is 3.43. The van der Waals surface area contributed by atoms with Gasteiger partial charge in [0.25, 0.3) is 0 Å². The van der Waals surface area contributed by atoms with E-state index in [1.165, 1.54) is 0 Å². The summed E-state index contributed by atoms with van der Waals surface area (Å²) in [5.41, 5.74) is 1.57. The Morgan fingerprint density at radius 2 is 2.05 bits per heavy atom. The number of halogens is 3. The van der Waals surface area contributed by atoms with Crippen LogP contribution in [-0.2, 0) is 6.61 Å². The van der Waals surface area contributed by atoms with Crippen molar-refractivity contribution in [1.29, 1.82) is 0 Å². The quantitative estimate of drug-likeness (QED) is 0.609. The van der Waals surface area contributed by atoms with E-state index in [0.717, 1.165) is 11.1 Å². The van der Waals surface area contributed by atoms with Crippen LogP contribution in [0.4, 0.5) is 0 Å². The standard InChI is InChI=1S/C15H10Cl3NO/c16-6-2-3-11-7-13(9-19-8-11)20-10-12-4-1-5-14(17)15(12)18/h1,4-5,7-9H,6,10H2. The van der Waals surface area contributed by atoms with Crippen molar-refractivity contribution >= 4 is 34.8 Å². The minimum Gasteiger partial charge on any atom is -0.487 e. The molecular formula is C15H10Cl3NO. The second-order valence-corrected chi connectivity index (χ2v) is 4.90. The predicted octanol–water partition coefficient (Wildman–Crippen LogP) is 4.56. The minimum absolute atomic E-state index is 0.281. The van der Waals surface area contributed by atoms with E-state index in [1.54, 1.807) is 24.5 Å². The molecule has 2 aromatic rings. The van der Waals surface area contributed by atoms with Crippen LogP contribution in [0.25, 0.3) is 0 Å². The predicted molar refractivity (Wildman–Crippen MR) is 82.6 cm³/mol. The van der Waals surface area contributed by atoms with Gasteiger partial charge in [0.2, 0.25) is 0 Å². The molecule has 0 aliphatic heterocycles. The van der Waals surface area contributed by atoms with Crippen molar-refractivity contribution in [3.8, 4) is 17.6 Å². The van der Waals surface area contributed by atoms with E-state index in [1.807, 2.05) is 12.1 Å². The van der Waals surface area contributed by atoms with E-state index < -0.39 is 0 Å². The lowest BCUT2D eigenvalue weighted by atomic mass is 10.2. The third kappa shape index (κ3) is 4.05. The van der Waals surface area contributed by atoms with Crippen LogP contribution in [0.2, 0.25) is 10.0 Å². The first kappa shape index (κ1) is 15.0. The van der Waals surface area contributed by atoms with E-state index >= 15 is 0 Å². The summed E-state index contributed by atoms with van der Waals surface area (Å²) >= 11 is 17.6. The molecule has 0 unspecified atom stereocenters. The number of alkyl halides is 1. The Bertz CT molecular complexity index is 662. The van der Waals surface area contributed by atoms with Crippen molar-refractivity contribution in [2.24, 2.45) is 0 Å². The molecule has 0 spiro atoms. The van der Waals surface area contributed by atoms with Crippen molar-refractivity contribution in [2.45, 2.75) is 6.61 Å². The van der Waals surface area contributed by atoms with Crippen LogP contribution in [0, 0.1) is 11.8 Å². The smallest absolute Gasteiger partial charge is 0.139 e. The van der Waals surface area contributed by atoms with Gasteiger partial charge in [-0.25, -0.2) is 0 Å². The minimum atomic E-state index is 0.281. The number of benzene rings is 1. The van der Waals surface area contributed by atoms with Gasteiger partial charge in [-0.2, -0.15) is 0 Å². The molecule has 102 valence electrons. The summed E-state index contributed by atoms with van der Waals surface area (Å²) < 4.78 is 5.64. The SMILES string of the molecule is ClCC#Cc1cncc(OCc2cccc(Cl)c2Cl)c1. The molecule has 0 saturated carbocycles. The second-order valence-electron chi connectivity index (χ2n) is 3.85. The Labute approximate surface area is 132 Å². The highest BCUT2D eigenvalue weighted by molar-refractivity contribution is 6.42. The molecule has 1 aromatic carbocycles. The molecule has 2 rings (SSSR count). The van der Waals surface area contributed by atoms with E-state index in [9.17, 15) is 0 Å². The maximum atomic E-state index is 6.09. The Hall–Kier alpha value is -1.40. The molecule has 0 saturated heterocycles. The van der Waals surface area contributed by atoms with Crippen LogP contribution in [0.5, 0.6) is 5.75 Å². The third-order valence-electron chi connectivity index (χ3n) is 2.44. The van der Waals surface area contributed by atoms with Crippen molar-refractivity contribution in [1.82, 2.24) is 4.98 Å². The number of rotatable bonds is 3. The summed E-state index contributed by atoms with van der Waals surface area (Å²) in [5.74, 6) is 6.54. The molecule has 0 amide bonds.